The van der Waals surface area contributed by atoms with Gasteiger partial charge in [-0.1, -0.05) is 11.6 Å². The molecule has 1 fully saturated rings. The van der Waals surface area contributed by atoms with Crippen molar-refractivity contribution in [3.8, 4) is 5.75 Å². The summed E-state index contributed by atoms with van der Waals surface area (Å²) in [6.07, 6.45) is 4.12. The van der Waals surface area contributed by atoms with Crippen LogP contribution in [-0.2, 0) is 4.79 Å². The number of hydrogen-bond acceptors (Lipinski definition) is 3. The fourth-order valence-electron chi connectivity index (χ4n) is 2.05. The molecule has 0 saturated heterocycles. The third-order valence-electron chi connectivity index (χ3n) is 3.38. The first-order chi connectivity index (χ1) is 10.1. The summed E-state index contributed by atoms with van der Waals surface area (Å²) in [6.45, 7) is 0.745. The molecule has 6 heteroatoms. The number of carbonyl (C=O) groups excluding carboxylic acids is 1. The molecule has 4 nitrogen and oxygen atoms in total. The molecule has 0 spiro atoms. The van der Waals surface area contributed by atoms with E-state index in [-0.39, 0.29) is 12.5 Å². The second kappa shape index (κ2) is 6.36. The van der Waals surface area contributed by atoms with E-state index in [0.717, 1.165) is 15.5 Å². The Morgan fingerprint density at radius 2 is 2.33 bits per heavy atom. The Bertz CT molecular complexity index is 689. The van der Waals surface area contributed by atoms with Crippen LogP contribution in [0, 0.1) is 9.49 Å². The molecule has 2 aromatic rings. The van der Waals surface area contributed by atoms with Crippen LogP contribution in [0.5, 0.6) is 5.75 Å². The van der Waals surface area contributed by atoms with Gasteiger partial charge in [0.15, 0.2) is 12.4 Å². The van der Waals surface area contributed by atoms with Crippen LogP contribution >= 0.6 is 34.2 Å². The van der Waals surface area contributed by atoms with Crippen LogP contribution in [0.25, 0.3) is 10.9 Å². The standard InChI is InChI=1S/C15H14ClIN2O2/c16-11-6-12(17)15(14-10(11)2-1-5-18-14)21-8-13(20)19-7-9-3-4-9/h1-2,5-6,9H,3-4,7-8H2,(H,19,20). The number of nitrogens with zero attached hydrogens (tertiary/aromatic N) is 1. The third kappa shape index (κ3) is 3.58. The summed E-state index contributed by atoms with van der Waals surface area (Å²) >= 11 is 8.35. The van der Waals surface area contributed by atoms with Crippen molar-refractivity contribution in [3.05, 3.63) is 33.0 Å². The van der Waals surface area contributed by atoms with Crippen molar-refractivity contribution in [2.75, 3.05) is 13.2 Å². The van der Waals surface area contributed by atoms with Gasteiger partial charge >= 0.3 is 0 Å². The molecule has 0 atom stereocenters. The van der Waals surface area contributed by atoms with Gasteiger partial charge < -0.3 is 10.1 Å². The van der Waals surface area contributed by atoms with Crippen LogP contribution in [-0.4, -0.2) is 24.0 Å². The van der Waals surface area contributed by atoms with Crippen molar-refractivity contribution in [2.24, 2.45) is 5.92 Å². The Morgan fingerprint density at radius 3 is 3.10 bits per heavy atom. The van der Waals surface area contributed by atoms with Crippen LogP contribution < -0.4 is 10.1 Å². The fourth-order valence-corrected chi connectivity index (χ4v) is 3.22. The van der Waals surface area contributed by atoms with E-state index in [1.807, 2.05) is 18.2 Å². The first-order valence-corrected chi connectivity index (χ1v) is 8.23. The van der Waals surface area contributed by atoms with E-state index in [1.165, 1.54) is 12.8 Å². The van der Waals surface area contributed by atoms with Gasteiger partial charge in [0.1, 0.15) is 5.52 Å². The lowest BCUT2D eigenvalue weighted by Crippen LogP contribution is -2.30. The molecular formula is C15H14ClIN2O2. The Labute approximate surface area is 141 Å². The molecule has 1 heterocycles. The van der Waals surface area contributed by atoms with Crippen molar-refractivity contribution in [3.63, 3.8) is 0 Å². The van der Waals surface area contributed by atoms with Crippen LogP contribution in [0.4, 0.5) is 0 Å². The highest BCUT2D eigenvalue weighted by Crippen LogP contribution is 2.34. The first kappa shape index (κ1) is 14.8. The van der Waals surface area contributed by atoms with E-state index in [2.05, 4.69) is 32.9 Å². The molecule has 1 aromatic heterocycles. The molecule has 3 rings (SSSR count). The average molecular weight is 417 g/mol. The number of rotatable bonds is 5. The lowest BCUT2D eigenvalue weighted by molar-refractivity contribution is -0.123. The zero-order valence-corrected chi connectivity index (χ0v) is 14.1. The van der Waals surface area contributed by atoms with E-state index in [4.69, 9.17) is 16.3 Å². The predicted molar refractivity (Wildman–Crippen MR) is 90.7 cm³/mol. The second-order valence-corrected chi connectivity index (χ2v) is 6.67. The van der Waals surface area contributed by atoms with E-state index in [9.17, 15) is 4.79 Å². The molecule has 1 aliphatic carbocycles. The van der Waals surface area contributed by atoms with Gasteiger partial charge in [-0.05, 0) is 59.5 Å². The van der Waals surface area contributed by atoms with Gasteiger partial charge in [0.25, 0.3) is 5.91 Å². The van der Waals surface area contributed by atoms with Gasteiger partial charge in [-0.25, -0.2) is 0 Å². The molecule has 0 aliphatic heterocycles. The van der Waals surface area contributed by atoms with Crippen LogP contribution in [0.2, 0.25) is 5.02 Å². The van der Waals surface area contributed by atoms with Crippen molar-refractivity contribution < 1.29 is 9.53 Å². The Hall–Kier alpha value is -1.08. The number of carbonyl (C=O) groups is 1. The van der Waals surface area contributed by atoms with Gasteiger partial charge in [0.2, 0.25) is 0 Å². The predicted octanol–water partition coefficient (Wildman–Crippen LogP) is 3.40. The van der Waals surface area contributed by atoms with Gasteiger partial charge in [0.05, 0.1) is 8.59 Å². The van der Waals surface area contributed by atoms with Crippen LogP contribution in [0.1, 0.15) is 12.8 Å². The lowest BCUT2D eigenvalue weighted by Gasteiger charge is -2.12. The number of nitrogens with one attached hydrogen (secondary N) is 1. The molecule has 21 heavy (non-hydrogen) atoms. The molecule has 1 aromatic carbocycles. The second-order valence-electron chi connectivity index (χ2n) is 5.11. The number of halogens is 2. The lowest BCUT2D eigenvalue weighted by atomic mass is 10.2. The zero-order valence-electron chi connectivity index (χ0n) is 11.2. The normalized spacial score (nSPS) is 14.2. The highest BCUT2D eigenvalue weighted by molar-refractivity contribution is 14.1. The minimum absolute atomic E-state index is 0.00394. The third-order valence-corrected chi connectivity index (χ3v) is 4.50. The summed E-state index contributed by atoms with van der Waals surface area (Å²) in [6, 6.07) is 5.54. The molecule has 0 radical (unpaired) electrons. The summed E-state index contributed by atoms with van der Waals surface area (Å²) < 4.78 is 6.52. The maximum absolute atomic E-state index is 11.8. The highest BCUT2D eigenvalue weighted by Gasteiger charge is 2.21. The van der Waals surface area contributed by atoms with Gasteiger partial charge in [0, 0.05) is 18.1 Å². The maximum atomic E-state index is 11.8. The summed E-state index contributed by atoms with van der Waals surface area (Å²) in [7, 11) is 0. The van der Waals surface area contributed by atoms with Crippen molar-refractivity contribution in [2.45, 2.75) is 12.8 Å². The quantitative estimate of drug-likeness (QED) is 0.760. The molecular weight excluding hydrogens is 403 g/mol. The Morgan fingerprint density at radius 1 is 1.52 bits per heavy atom. The number of benzene rings is 1. The number of pyridine rings is 1. The van der Waals surface area contributed by atoms with Crippen molar-refractivity contribution in [1.82, 2.24) is 10.3 Å². The minimum Gasteiger partial charge on any atom is -0.480 e. The Kier molecular flexibility index (Phi) is 4.49. The van der Waals surface area contributed by atoms with Gasteiger partial charge in [-0.3, -0.25) is 9.78 Å². The summed E-state index contributed by atoms with van der Waals surface area (Å²) in [5, 5.41) is 4.34. The van der Waals surface area contributed by atoms with E-state index < -0.39 is 0 Å². The topological polar surface area (TPSA) is 51.2 Å². The molecule has 110 valence electrons. The minimum atomic E-state index is -0.100. The number of aromatic nitrogens is 1. The smallest absolute Gasteiger partial charge is 0.257 e. The zero-order chi connectivity index (χ0) is 14.8. The molecule has 1 saturated carbocycles. The maximum Gasteiger partial charge on any atom is 0.257 e. The number of hydrogen-bond donors (Lipinski definition) is 1. The van der Waals surface area contributed by atoms with E-state index in [1.54, 1.807) is 6.20 Å². The monoisotopic (exact) mass is 416 g/mol. The molecule has 1 aliphatic rings. The van der Waals surface area contributed by atoms with E-state index in [0.29, 0.717) is 22.2 Å². The van der Waals surface area contributed by atoms with Crippen molar-refractivity contribution >= 4 is 51.0 Å². The summed E-state index contributed by atoms with van der Waals surface area (Å²) in [5.74, 6) is 1.17. The Balaban J connectivity index is 1.75. The molecule has 0 bridgehead atoms. The average Bonchev–Trinajstić information content (AvgIpc) is 3.29. The highest BCUT2D eigenvalue weighted by atomic mass is 127. The number of ether oxygens (including phenoxy) is 1. The van der Waals surface area contributed by atoms with E-state index >= 15 is 0 Å². The number of amides is 1. The largest absolute Gasteiger partial charge is 0.480 e. The SMILES string of the molecule is O=C(COc1c(I)cc(Cl)c2cccnc12)NCC1CC1. The molecule has 1 amide bonds. The molecule has 1 N–H and O–H groups in total. The summed E-state index contributed by atoms with van der Waals surface area (Å²) in [5.41, 5.74) is 0.685. The fraction of sp³-hybridized carbons (Fsp3) is 0.333. The van der Waals surface area contributed by atoms with Crippen LogP contribution in [0.3, 0.4) is 0 Å². The summed E-state index contributed by atoms with van der Waals surface area (Å²) in [4.78, 5) is 16.1. The van der Waals surface area contributed by atoms with Crippen molar-refractivity contribution in [1.29, 1.82) is 0 Å². The van der Waals surface area contributed by atoms with Gasteiger partial charge in [-0.2, -0.15) is 0 Å². The van der Waals surface area contributed by atoms with Gasteiger partial charge in [-0.15, -0.1) is 0 Å². The number of fused-ring (bicyclic) bond motifs is 1. The van der Waals surface area contributed by atoms with Crippen LogP contribution in [0.15, 0.2) is 24.4 Å². The first-order valence-electron chi connectivity index (χ1n) is 6.77. The molecule has 0 unspecified atom stereocenters.